The molecule has 0 spiro atoms. The summed E-state index contributed by atoms with van der Waals surface area (Å²) < 4.78 is 37.1. The van der Waals surface area contributed by atoms with Gasteiger partial charge in [0.1, 0.15) is 5.76 Å². The van der Waals surface area contributed by atoms with Crippen molar-refractivity contribution < 1.29 is 27.3 Å². The molecule has 156 valence electrons. The second-order valence-electron chi connectivity index (χ2n) is 6.29. The van der Waals surface area contributed by atoms with E-state index in [-0.39, 0.29) is 43.3 Å². The van der Waals surface area contributed by atoms with Crippen molar-refractivity contribution in [3.05, 3.63) is 46.3 Å². The number of hydrogen-bond donors (Lipinski definition) is 1. The van der Waals surface area contributed by atoms with Crippen molar-refractivity contribution in [2.24, 2.45) is 0 Å². The van der Waals surface area contributed by atoms with Crippen LogP contribution in [0.25, 0.3) is 0 Å². The van der Waals surface area contributed by atoms with Gasteiger partial charge >= 0.3 is 5.97 Å². The molecule has 3 rings (SSSR count). The van der Waals surface area contributed by atoms with E-state index in [4.69, 9.17) is 20.9 Å². The Hall–Kier alpha value is -2.43. The number of esters is 1. The predicted octanol–water partition coefficient (Wildman–Crippen LogP) is 1.76. The van der Waals surface area contributed by atoms with E-state index in [2.05, 4.69) is 10.5 Å². The molecule has 1 aromatic carbocycles. The van der Waals surface area contributed by atoms with Gasteiger partial charge in [-0.1, -0.05) is 16.8 Å². The minimum Gasteiger partial charge on any atom is -0.466 e. The van der Waals surface area contributed by atoms with Crippen LogP contribution >= 0.6 is 11.6 Å². The number of sulfonamides is 1. The van der Waals surface area contributed by atoms with Crippen molar-refractivity contribution >= 4 is 33.5 Å². The lowest BCUT2D eigenvalue weighted by Gasteiger charge is -2.25. The molecule has 9 nitrogen and oxygen atoms in total. The summed E-state index contributed by atoms with van der Waals surface area (Å²) >= 11 is 5.83. The molecule has 0 bridgehead atoms. The van der Waals surface area contributed by atoms with Crippen LogP contribution in [-0.4, -0.2) is 49.5 Å². The number of amides is 1. The number of hydrogen-bond acceptors (Lipinski definition) is 7. The van der Waals surface area contributed by atoms with E-state index in [1.807, 2.05) is 0 Å². The van der Waals surface area contributed by atoms with Gasteiger partial charge in [-0.15, -0.1) is 0 Å². The first kappa shape index (κ1) is 21.3. The zero-order chi connectivity index (χ0) is 21.0. The summed E-state index contributed by atoms with van der Waals surface area (Å²) in [7, 11) is -3.76. The van der Waals surface area contributed by atoms with Gasteiger partial charge in [0.25, 0.3) is 5.91 Å². The molecule has 1 aromatic heterocycles. The molecule has 2 heterocycles. The molecular formula is C18H20ClN3O6S. The van der Waals surface area contributed by atoms with E-state index < -0.39 is 21.9 Å². The van der Waals surface area contributed by atoms with Crippen LogP contribution < -0.4 is 5.32 Å². The Bertz CT molecular complexity index is 1000. The van der Waals surface area contributed by atoms with E-state index >= 15 is 0 Å². The lowest BCUT2D eigenvalue weighted by molar-refractivity contribution is -0.142. The maximum atomic E-state index is 12.9. The predicted molar refractivity (Wildman–Crippen MR) is 103 cm³/mol. The fourth-order valence-corrected chi connectivity index (χ4v) is 4.45. The number of halogens is 1. The third-order valence-corrected chi connectivity index (χ3v) is 6.49. The lowest BCUT2D eigenvalue weighted by atomic mass is 10.1. The van der Waals surface area contributed by atoms with Crippen LogP contribution in [-0.2, 0) is 32.5 Å². The van der Waals surface area contributed by atoms with Gasteiger partial charge in [0.2, 0.25) is 10.0 Å². The topological polar surface area (TPSA) is 119 Å². The SMILES string of the molecule is CCOC(=O)CCNC(=O)c1noc2c1CN(S(=O)(=O)c1ccc(Cl)cc1)CC2. The molecule has 1 aliphatic heterocycles. The number of fused-ring (bicyclic) bond motifs is 1. The van der Waals surface area contributed by atoms with Gasteiger partial charge in [-0.3, -0.25) is 9.59 Å². The molecule has 11 heteroatoms. The summed E-state index contributed by atoms with van der Waals surface area (Å²) in [5, 5.41) is 6.80. The van der Waals surface area contributed by atoms with Crippen LogP contribution in [0.4, 0.5) is 0 Å². The molecule has 2 aromatic rings. The highest BCUT2D eigenvalue weighted by molar-refractivity contribution is 7.89. The van der Waals surface area contributed by atoms with Crippen molar-refractivity contribution in [3.8, 4) is 0 Å². The Labute approximate surface area is 173 Å². The van der Waals surface area contributed by atoms with Gasteiger partial charge in [-0.2, -0.15) is 4.31 Å². The fraction of sp³-hybridized carbons (Fsp3) is 0.389. The number of carbonyl (C=O) groups excluding carboxylic acids is 2. The Morgan fingerprint density at radius 2 is 2.03 bits per heavy atom. The molecule has 1 aliphatic rings. The van der Waals surface area contributed by atoms with E-state index in [1.54, 1.807) is 6.92 Å². The van der Waals surface area contributed by atoms with E-state index in [0.717, 1.165) is 0 Å². The number of aromatic nitrogens is 1. The molecule has 0 radical (unpaired) electrons. The number of rotatable bonds is 7. The summed E-state index contributed by atoms with van der Waals surface area (Å²) in [6.45, 7) is 2.21. The first-order valence-corrected chi connectivity index (χ1v) is 10.8. The molecule has 0 atom stereocenters. The maximum Gasteiger partial charge on any atom is 0.307 e. The molecule has 0 saturated carbocycles. The lowest BCUT2D eigenvalue weighted by Crippen LogP contribution is -2.37. The Kier molecular flexibility index (Phi) is 6.56. The largest absolute Gasteiger partial charge is 0.466 e. The van der Waals surface area contributed by atoms with Gasteiger partial charge in [-0.05, 0) is 31.2 Å². The van der Waals surface area contributed by atoms with Gasteiger partial charge in [0, 0.05) is 36.6 Å². The molecule has 1 amide bonds. The Morgan fingerprint density at radius 3 is 2.72 bits per heavy atom. The molecule has 0 unspecified atom stereocenters. The Balaban J connectivity index is 1.71. The van der Waals surface area contributed by atoms with Gasteiger partial charge in [0.05, 0.1) is 17.9 Å². The van der Waals surface area contributed by atoms with Crippen LogP contribution in [0.5, 0.6) is 0 Å². The highest BCUT2D eigenvalue weighted by Gasteiger charge is 2.33. The van der Waals surface area contributed by atoms with Crippen molar-refractivity contribution in [3.63, 3.8) is 0 Å². The molecular weight excluding hydrogens is 422 g/mol. The fourth-order valence-electron chi connectivity index (χ4n) is 2.92. The van der Waals surface area contributed by atoms with Gasteiger partial charge in [-0.25, -0.2) is 8.42 Å². The van der Waals surface area contributed by atoms with Crippen molar-refractivity contribution in [1.82, 2.24) is 14.8 Å². The Morgan fingerprint density at radius 1 is 1.31 bits per heavy atom. The minimum absolute atomic E-state index is 0.0138. The first-order chi connectivity index (χ1) is 13.8. The van der Waals surface area contributed by atoms with Crippen molar-refractivity contribution in [2.75, 3.05) is 19.7 Å². The van der Waals surface area contributed by atoms with Crippen LogP contribution in [0.2, 0.25) is 5.02 Å². The molecule has 1 N–H and O–H groups in total. The van der Waals surface area contributed by atoms with E-state index in [1.165, 1.54) is 28.6 Å². The molecule has 0 fully saturated rings. The third kappa shape index (κ3) is 4.77. The second-order valence-corrected chi connectivity index (χ2v) is 8.66. The van der Waals surface area contributed by atoms with Crippen molar-refractivity contribution in [1.29, 1.82) is 0 Å². The maximum absolute atomic E-state index is 12.9. The molecule has 0 saturated heterocycles. The number of nitrogens with one attached hydrogen (secondary N) is 1. The first-order valence-electron chi connectivity index (χ1n) is 9.00. The van der Waals surface area contributed by atoms with E-state index in [9.17, 15) is 18.0 Å². The second kappa shape index (κ2) is 8.93. The quantitative estimate of drug-likeness (QED) is 0.650. The standard InChI is InChI=1S/C18H20ClN3O6S/c1-2-27-16(23)7-9-20-18(24)17-14-11-22(10-8-15(14)28-21-17)29(25,26)13-5-3-12(19)4-6-13/h3-6H,2,7-11H2,1H3,(H,20,24). The smallest absolute Gasteiger partial charge is 0.307 e. The number of nitrogens with zero attached hydrogens (tertiary/aromatic N) is 2. The zero-order valence-corrected chi connectivity index (χ0v) is 17.3. The van der Waals surface area contributed by atoms with Gasteiger partial charge in [0.15, 0.2) is 5.69 Å². The summed E-state index contributed by atoms with van der Waals surface area (Å²) in [6, 6.07) is 5.88. The summed E-state index contributed by atoms with van der Waals surface area (Å²) in [5.41, 5.74) is 0.433. The average Bonchev–Trinajstić information content (AvgIpc) is 3.12. The van der Waals surface area contributed by atoms with Crippen molar-refractivity contribution in [2.45, 2.75) is 31.2 Å². The minimum atomic E-state index is -3.76. The highest BCUT2D eigenvalue weighted by atomic mass is 35.5. The third-order valence-electron chi connectivity index (χ3n) is 4.38. The number of benzene rings is 1. The zero-order valence-electron chi connectivity index (χ0n) is 15.7. The average molecular weight is 442 g/mol. The van der Waals surface area contributed by atoms with Gasteiger partial charge < -0.3 is 14.6 Å². The summed E-state index contributed by atoms with van der Waals surface area (Å²) in [4.78, 5) is 23.9. The molecule has 0 aliphatic carbocycles. The highest BCUT2D eigenvalue weighted by Crippen LogP contribution is 2.27. The van der Waals surface area contributed by atoms with Crippen LogP contribution in [0, 0.1) is 0 Å². The van der Waals surface area contributed by atoms with Crippen LogP contribution in [0.15, 0.2) is 33.7 Å². The summed E-state index contributed by atoms with van der Waals surface area (Å²) in [6.07, 6.45) is 0.321. The van der Waals surface area contributed by atoms with Crippen LogP contribution in [0.1, 0.15) is 35.2 Å². The monoisotopic (exact) mass is 441 g/mol. The summed E-state index contributed by atoms with van der Waals surface area (Å²) in [5.74, 6) is -0.483. The number of ether oxygens (including phenoxy) is 1. The normalized spacial score (nSPS) is 14.3. The number of carbonyl (C=O) groups is 2. The van der Waals surface area contributed by atoms with E-state index in [0.29, 0.717) is 22.8 Å². The van der Waals surface area contributed by atoms with Crippen LogP contribution in [0.3, 0.4) is 0 Å². The molecule has 29 heavy (non-hydrogen) atoms.